The normalized spacial score (nSPS) is 12.1. The smallest absolute Gasteiger partial charge is 0.253 e. The molecular weight excluding hydrogens is 232 g/mol. The molecule has 5 nitrogen and oxygen atoms in total. The molecule has 2 N–H and O–H groups in total. The van der Waals surface area contributed by atoms with E-state index in [2.05, 4.69) is 10.3 Å². The lowest BCUT2D eigenvalue weighted by Gasteiger charge is -2.10. The van der Waals surface area contributed by atoms with Crippen LogP contribution in [0.25, 0.3) is 0 Å². The van der Waals surface area contributed by atoms with E-state index in [4.69, 9.17) is 4.42 Å². The van der Waals surface area contributed by atoms with Gasteiger partial charge in [0.15, 0.2) is 0 Å². The molecule has 0 spiro atoms. The van der Waals surface area contributed by atoms with Gasteiger partial charge in [-0.15, -0.1) is 0 Å². The minimum atomic E-state index is -0.846. The van der Waals surface area contributed by atoms with Gasteiger partial charge in [-0.25, -0.2) is 0 Å². The first-order valence-corrected chi connectivity index (χ1v) is 5.60. The quantitative estimate of drug-likeness (QED) is 0.856. The van der Waals surface area contributed by atoms with Gasteiger partial charge in [0.1, 0.15) is 11.9 Å². The van der Waals surface area contributed by atoms with Gasteiger partial charge in [-0.2, -0.15) is 0 Å². The van der Waals surface area contributed by atoms with E-state index in [-0.39, 0.29) is 12.5 Å². The third-order valence-corrected chi connectivity index (χ3v) is 2.58. The number of carbonyl (C=O) groups is 1. The van der Waals surface area contributed by atoms with Gasteiger partial charge < -0.3 is 14.8 Å². The van der Waals surface area contributed by atoms with Crippen LogP contribution < -0.4 is 5.32 Å². The summed E-state index contributed by atoms with van der Waals surface area (Å²) in [5.41, 5.74) is 1.16. The van der Waals surface area contributed by atoms with Crippen LogP contribution in [-0.2, 0) is 0 Å². The van der Waals surface area contributed by atoms with Crippen LogP contribution in [0.5, 0.6) is 0 Å². The number of nitrogens with one attached hydrogen (secondary N) is 1. The molecule has 1 amide bonds. The van der Waals surface area contributed by atoms with Crippen LogP contribution >= 0.6 is 0 Å². The number of pyridine rings is 1. The van der Waals surface area contributed by atoms with E-state index >= 15 is 0 Å². The molecule has 1 atom stereocenters. The van der Waals surface area contributed by atoms with E-state index in [0.29, 0.717) is 17.0 Å². The first-order chi connectivity index (χ1) is 8.68. The van der Waals surface area contributed by atoms with Crippen LogP contribution in [0.4, 0.5) is 0 Å². The van der Waals surface area contributed by atoms with Crippen LogP contribution in [0.1, 0.15) is 27.9 Å². The fraction of sp³-hybridized carbons (Fsp3) is 0.231. The predicted molar refractivity (Wildman–Crippen MR) is 65.0 cm³/mol. The zero-order valence-electron chi connectivity index (χ0n) is 9.96. The van der Waals surface area contributed by atoms with Crippen molar-refractivity contribution in [3.8, 4) is 0 Å². The van der Waals surface area contributed by atoms with Gasteiger partial charge in [-0.05, 0) is 31.2 Å². The number of aliphatic hydroxyl groups is 1. The summed E-state index contributed by atoms with van der Waals surface area (Å²) in [4.78, 5) is 15.9. The predicted octanol–water partition coefficient (Wildman–Crippen LogP) is 1.45. The second-order valence-corrected chi connectivity index (χ2v) is 3.88. The highest BCUT2D eigenvalue weighted by atomic mass is 16.4. The molecule has 5 heteroatoms. The molecule has 0 aliphatic carbocycles. The zero-order valence-corrected chi connectivity index (χ0v) is 9.96. The first-order valence-electron chi connectivity index (χ1n) is 5.60. The Hall–Kier alpha value is -2.14. The molecule has 0 radical (unpaired) electrons. The van der Waals surface area contributed by atoms with Crippen molar-refractivity contribution in [2.75, 3.05) is 6.54 Å². The molecule has 0 aliphatic heterocycles. The summed E-state index contributed by atoms with van der Waals surface area (Å²) in [6.45, 7) is 1.86. The molecule has 1 unspecified atom stereocenters. The lowest BCUT2D eigenvalue weighted by molar-refractivity contribution is 0.0900. The number of carbonyl (C=O) groups excluding carboxylic acids is 1. The Labute approximate surface area is 104 Å². The summed E-state index contributed by atoms with van der Waals surface area (Å²) >= 11 is 0. The summed E-state index contributed by atoms with van der Waals surface area (Å²) in [6, 6.07) is 6.74. The highest BCUT2D eigenvalue weighted by molar-refractivity contribution is 5.95. The van der Waals surface area contributed by atoms with Crippen LogP contribution in [0.2, 0.25) is 0 Å². The van der Waals surface area contributed by atoms with E-state index in [1.54, 1.807) is 37.4 Å². The fourth-order valence-electron chi connectivity index (χ4n) is 1.59. The fourth-order valence-corrected chi connectivity index (χ4v) is 1.59. The highest BCUT2D eigenvalue weighted by Crippen LogP contribution is 2.12. The number of amides is 1. The summed E-state index contributed by atoms with van der Waals surface area (Å²) < 4.78 is 5.04. The molecule has 0 bridgehead atoms. The molecule has 94 valence electrons. The van der Waals surface area contributed by atoms with Crippen LogP contribution in [0.15, 0.2) is 41.1 Å². The standard InChI is InChI=1S/C13H14N2O3/c1-9-10(4-2-6-14-9)13(17)15-8-11(16)12-5-3-7-18-12/h2-7,11,16H,8H2,1H3,(H,15,17). The van der Waals surface area contributed by atoms with E-state index in [1.165, 1.54) is 6.26 Å². The Balaban J connectivity index is 1.95. The maximum atomic E-state index is 11.8. The van der Waals surface area contributed by atoms with Gasteiger partial charge in [0.25, 0.3) is 5.91 Å². The first kappa shape index (κ1) is 12.3. The van der Waals surface area contributed by atoms with Crippen molar-refractivity contribution in [1.29, 1.82) is 0 Å². The summed E-state index contributed by atoms with van der Waals surface area (Å²) in [5, 5.41) is 12.4. The van der Waals surface area contributed by atoms with Gasteiger partial charge >= 0.3 is 0 Å². The average molecular weight is 246 g/mol. The van der Waals surface area contributed by atoms with Gasteiger partial charge in [-0.1, -0.05) is 0 Å². The molecule has 0 saturated heterocycles. The van der Waals surface area contributed by atoms with E-state index in [9.17, 15) is 9.90 Å². The molecule has 2 aromatic rings. The molecular formula is C13H14N2O3. The van der Waals surface area contributed by atoms with Crippen molar-refractivity contribution in [3.63, 3.8) is 0 Å². The summed E-state index contributed by atoms with van der Waals surface area (Å²) in [6.07, 6.45) is 2.26. The van der Waals surface area contributed by atoms with Gasteiger partial charge in [-0.3, -0.25) is 9.78 Å². The monoisotopic (exact) mass is 246 g/mol. The molecule has 2 aromatic heterocycles. The molecule has 0 saturated carbocycles. The summed E-state index contributed by atoms with van der Waals surface area (Å²) in [7, 11) is 0. The maximum Gasteiger partial charge on any atom is 0.253 e. The number of aromatic nitrogens is 1. The Morgan fingerprint density at radius 1 is 1.50 bits per heavy atom. The second-order valence-electron chi connectivity index (χ2n) is 3.88. The van der Waals surface area contributed by atoms with Gasteiger partial charge in [0.2, 0.25) is 0 Å². The number of rotatable bonds is 4. The van der Waals surface area contributed by atoms with E-state index in [1.807, 2.05) is 0 Å². The number of aliphatic hydroxyl groups excluding tert-OH is 1. The van der Waals surface area contributed by atoms with Crippen LogP contribution in [0, 0.1) is 6.92 Å². The van der Waals surface area contributed by atoms with Crippen molar-refractivity contribution in [3.05, 3.63) is 53.7 Å². The Kier molecular flexibility index (Phi) is 3.74. The van der Waals surface area contributed by atoms with Crippen LogP contribution in [-0.4, -0.2) is 22.5 Å². The topological polar surface area (TPSA) is 75.4 Å². The van der Waals surface area contributed by atoms with Crippen LogP contribution in [0.3, 0.4) is 0 Å². The van der Waals surface area contributed by atoms with Crippen molar-refractivity contribution in [2.45, 2.75) is 13.0 Å². The largest absolute Gasteiger partial charge is 0.467 e. The third kappa shape index (κ3) is 2.75. The lowest BCUT2D eigenvalue weighted by atomic mass is 10.2. The number of furan rings is 1. The molecule has 2 heterocycles. The molecule has 0 aromatic carbocycles. The number of hydrogen-bond donors (Lipinski definition) is 2. The second kappa shape index (κ2) is 5.46. The molecule has 2 rings (SSSR count). The Bertz CT molecular complexity index is 523. The van der Waals surface area contributed by atoms with Crippen molar-refractivity contribution in [2.24, 2.45) is 0 Å². The number of aryl methyl sites for hydroxylation is 1. The third-order valence-electron chi connectivity index (χ3n) is 2.58. The van der Waals surface area contributed by atoms with Gasteiger partial charge in [0.05, 0.1) is 18.4 Å². The average Bonchev–Trinajstić information content (AvgIpc) is 2.90. The summed E-state index contributed by atoms with van der Waals surface area (Å²) in [5.74, 6) is 0.171. The zero-order chi connectivity index (χ0) is 13.0. The molecule has 0 aliphatic rings. The van der Waals surface area contributed by atoms with Gasteiger partial charge in [0, 0.05) is 11.9 Å². The van der Waals surface area contributed by atoms with E-state index in [0.717, 1.165) is 0 Å². The number of nitrogens with zero attached hydrogens (tertiary/aromatic N) is 1. The minimum Gasteiger partial charge on any atom is -0.467 e. The molecule has 0 fully saturated rings. The van der Waals surface area contributed by atoms with Crippen molar-refractivity contribution in [1.82, 2.24) is 10.3 Å². The SMILES string of the molecule is Cc1ncccc1C(=O)NCC(O)c1ccco1. The molecule has 18 heavy (non-hydrogen) atoms. The minimum absolute atomic E-state index is 0.0979. The maximum absolute atomic E-state index is 11.8. The Morgan fingerprint density at radius 3 is 3.00 bits per heavy atom. The highest BCUT2D eigenvalue weighted by Gasteiger charge is 2.14. The van der Waals surface area contributed by atoms with Crippen molar-refractivity contribution < 1.29 is 14.3 Å². The van der Waals surface area contributed by atoms with Crippen molar-refractivity contribution >= 4 is 5.91 Å². The Morgan fingerprint density at radius 2 is 2.33 bits per heavy atom. The lowest BCUT2D eigenvalue weighted by Crippen LogP contribution is -2.28. The van der Waals surface area contributed by atoms with E-state index < -0.39 is 6.10 Å². The number of hydrogen-bond acceptors (Lipinski definition) is 4.